The summed E-state index contributed by atoms with van der Waals surface area (Å²) in [6, 6.07) is 9.91. The van der Waals surface area contributed by atoms with Crippen LogP contribution >= 0.6 is 11.8 Å². The third-order valence-corrected chi connectivity index (χ3v) is 5.87. The predicted molar refractivity (Wildman–Crippen MR) is 100 cm³/mol. The van der Waals surface area contributed by atoms with Gasteiger partial charge in [0.1, 0.15) is 5.82 Å². The first-order valence-electron chi connectivity index (χ1n) is 9.21. The standard InChI is InChI=1S/C18H23N7S/c1-13(17-21-23-24-25(17)15-9-3-2-4-10-15)26-18-19-16(20-22-18)12-11-14-7-5-6-8-14/h2-4,9-10,13-14H,5-8,11-12H2,1H3,(H,19,20,22)/t13-/m0/s1. The van der Waals surface area contributed by atoms with Gasteiger partial charge in [-0.1, -0.05) is 55.6 Å². The summed E-state index contributed by atoms with van der Waals surface area (Å²) in [7, 11) is 0. The summed E-state index contributed by atoms with van der Waals surface area (Å²) in [5.74, 6) is 2.64. The van der Waals surface area contributed by atoms with Gasteiger partial charge in [0.25, 0.3) is 0 Å². The van der Waals surface area contributed by atoms with Crippen molar-refractivity contribution >= 4 is 11.8 Å². The lowest BCUT2D eigenvalue weighted by molar-refractivity contribution is 0.497. The van der Waals surface area contributed by atoms with Gasteiger partial charge < -0.3 is 0 Å². The Labute approximate surface area is 157 Å². The molecular formula is C18H23N7S. The minimum atomic E-state index is 0.0451. The lowest BCUT2D eigenvalue weighted by Crippen LogP contribution is -2.05. The molecule has 3 aromatic rings. The van der Waals surface area contributed by atoms with Crippen LogP contribution in [0.2, 0.25) is 0 Å². The van der Waals surface area contributed by atoms with E-state index in [2.05, 4.69) is 37.6 Å². The lowest BCUT2D eigenvalue weighted by atomic mass is 10.0. The first kappa shape index (κ1) is 17.2. The molecule has 8 heteroatoms. The molecular weight excluding hydrogens is 346 g/mol. The molecule has 26 heavy (non-hydrogen) atoms. The van der Waals surface area contributed by atoms with E-state index in [4.69, 9.17) is 0 Å². The molecule has 2 aromatic heterocycles. The molecule has 0 bridgehead atoms. The minimum Gasteiger partial charge on any atom is -0.262 e. The van der Waals surface area contributed by atoms with Crippen LogP contribution in [0.1, 0.15) is 55.9 Å². The van der Waals surface area contributed by atoms with Gasteiger partial charge in [-0.05, 0) is 41.8 Å². The fourth-order valence-electron chi connectivity index (χ4n) is 3.49. The van der Waals surface area contributed by atoms with E-state index in [1.165, 1.54) is 32.1 Å². The number of H-pyrrole nitrogens is 1. The summed E-state index contributed by atoms with van der Waals surface area (Å²) in [6.45, 7) is 2.07. The van der Waals surface area contributed by atoms with Gasteiger partial charge in [0.2, 0.25) is 5.16 Å². The molecule has 0 aliphatic heterocycles. The number of aromatic amines is 1. The number of aromatic nitrogens is 7. The van der Waals surface area contributed by atoms with E-state index in [0.717, 1.165) is 34.8 Å². The van der Waals surface area contributed by atoms with Crippen molar-refractivity contribution in [3.05, 3.63) is 42.0 Å². The molecule has 0 saturated heterocycles. The summed E-state index contributed by atoms with van der Waals surface area (Å²) in [5, 5.41) is 20.4. The summed E-state index contributed by atoms with van der Waals surface area (Å²) in [5.41, 5.74) is 0.951. The minimum absolute atomic E-state index is 0.0451. The summed E-state index contributed by atoms with van der Waals surface area (Å²) >= 11 is 1.57. The van der Waals surface area contributed by atoms with Crippen LogP contribution in [-0.2, 0) is 6.42 Å². The number of benzene rings is 1. The maximum Gasteiger partial charge on any atom is 0.209 e. The van der Waals surface area contributed by atoms with Gasteiger partial charge in [0.15, 0.2) is 5.82 Å². The van der Waals surface area contributed by atoms with Crippen LogP contribution in [0.15, 0.2) is 35.5 Å². The summed E-state index contributed by atoms with van der Waals surface area (Å²) in [6.07, 6.45) is 7.70. The van der Waals surface area contributed by atoms with Crippen LogP contribution in [0.25, 0.3) is 5.69 Å². The highest BCUT2D eigenvalue weighted by Crippen LogP contribution is 2.32. The topological polar surface area (TPSA) is 85.2 Å². The molecule has 1 N–H and O–H groups in total. The van der Waals surface area contributed by atoms with Gasteiger partial charge in [-0.15, -0.1) is 10.2 Å². The van der Waals surface area contributed by atoms with Crippen LogP contribution in [0.4, 0.5) is 0 Å². The molecule has 1 fully saturated rings. The number of thioether (sulfide) groups is 1. The highest BCUT2D eigenvalue weighted by Gasteiger charge is 2.20. The van der Waals surface area contributed by atoms with E-state index < -0.39 is 0 Å². The fraction of sp³-hybridized carbons (Fsp3) is 0.500. The van der Waals surface area contributed by atoms with Crippen LogP contribution in [0.3, 0.4) is 0 Å². The Morgan fingerprint density at radius 2 is 2.04 bits per heavy atom. The van der Waals surface area contributed by atoms with Crippen LogP contribution in [0.5, 0.6) is 0 Å². The molecule has 1 aliphatic rings. The van der Waals surface area contributed by atoms with Crippen molar-refractivity contribution in [3.63, 3.8) is 0 Å². The molecule has 2 heterocycles. The molecule has 1 atom stereocenters. The monoisotopic (exact) mass is 369 g/mol. The van der Waals surface area contributed by atoms with Crippen LogP contribution in [-0.4, -0.2) is 35.4 Å². The smallest absolute Gasteiger partial charge is 0.209 e. The Bertz CT molecular complexity index is 823. The number of hydrogen-bond donors (Lipinski definition) is 1. The van der Waals surface area contributed by atoms with Gasteiger partial charge >= 0.3 is 0 Å². The first-order valence-corrected chi connectivity index (χ1v) is 10.1. The summed E-state index contributed by atoms with van der Waals surface area (Å²) in [4.78, 5) is 4.64. The second kappa shape index (κ2) is 7.99. The number of nitrogens with zero attached hydrogens (tertiary/aromatic N) is 6. The Balaban J connectivity index is 1.39. The average molecular weight is 369 g/mol. The average Bonchev–Trinajstić information content (AvgIpc) is 3.42. The van der Waals surface area contributed by atoms with Gasteiger partial charge in [0.05, 0.1) is 10.9 Å². The maximum atomic E-state index is 4.64. The Morgan fingerprint density at radius 3 is 2.85 bits per heavy atom. The third-order valence-electron chi connectivity index (χ3n) is 4.92. The SMILES string of the molecule is C[C@H](Sc1n[nH]c(CCC2CCCC2)n1)c1nnnn1-c1ccccc1. The van der Waals surface area contributed by atoms with Gasteiger partial charge in [-0.25, -0.2) is 4.98 Å². The third kappa shape index (κ3) is 3.95. The van der Waals surface area contributed by atoms with E-state index >= 15 is 0 Å². The van der Waals surface area contributed by atoms with Crippen molar-refractivity contribution in [3.8, 4) is 5.69 Å². The van der Waals surface area contributed by atoms with E-state index in [1.54, 1.807) is 16.4 Å². The molecule has 1 saturated carbocycles. The Hall–Kier alpha value is -2.22. The number of aryl methyl sites for hydroxylation is 1. The quantitative estimate of drug-likeness (QED) is 0.638. The van der Waals surface area contributed by atoms with E-state index in [9.17, 15) is 0 Å². The zero-order valence-electron chi connectivity index (χ0n) is 14.9. The number of nitrogens with one attached hydrogen (secondary N) is 1. The van der Waals surface area contributed by atoms with Crippen molar-refractivity contribution in [2.45, 2.75) is 55.9 Å². The Kier molecular flexibility index (Phi) is 5.29. The van der Waals surface area contributed by atoms with Crippen LogP contribution < -0.4 is 0 Å². The molecule has 0 amide bonds. The molecule has 0 spiro atoms. The molecule has 0 unspecified atom stereocenters. The van der Waals surface area contributed by atoms with Crippen molar-refractivity contribution in [2.75, 3.05) is 0 Å². The molecule has 1 aliphatic carbocycles. The van der Waals surface area contributed by atoms with Gasteiger partial charge in [-0.3, -0.25) is 5.10 Å². The highest BCUT2D eigenvalue weighted by atomic mass is 32.2. The molecule has 0 radical (unpaired) electrons. The van der Waals surface area contributed by atoms with Crippen molar-refractivity contribution in [1.29, 1.82) is 0 Å². The lowest BCUT2D eigenvalue weighted by Gasteiger charge is -2.09. The zero-order valence-corrected chi connectivity index (χ0v) is 15.7. The zero-order chi connectivity index (χ0) is 17.8. The largest absolute Gasteiger partial charge is 0.262 e. The van der Waals surface area contributed by atoms with Crippen molar-refractivity contribution in [1.82, 2.24) is 35.4 Å². The second-order valence-electron chi connectivity index (χ2n) is 6.80. The molecule has 7 nitrogen and oxygen atoms in total. The number of hydrogen-bond acceptors (Lipinski definition) is 6. The van der Waals surface area contributed by atoms with Crippen LogP contribution in [0, 0.1) is 5.92 Å². The summed E-state index contributed by atoms with van der Waals surface area (Å²) < 4.78 is 1.77. The second-order valence-corrected chi connectivity index (χ2v) is 8.11. The highest BCUT2D eigenvalue weighted by molar-refractivity contribution is 7.99. The molecule has 1 aromatic carbocycles. The van der Waals surface area contributed by atoms with E-state index in [-0.39, 0.29) is 5.25 Å². The first-order chi connectivity index (χ1) is 12.8. The Morgan fingerprint density at radius 1 is 1.23 bits per heavy atom. The van der Waals surface area contributed by atoms with E-state index in [0.29, 0.717) is 0 Å². The van der Waals surface area contributed by atoms with Crippen molar-refractivity contribution < 1.29 is 0 Å². The van der Waals surface area contributed by atoms with Crippen molar-refractivity contribution in [2.24, 2.45) is 5.92 Å². The molecule has 4 rings (SSSR count). The van der Waals surface area contributed by atoms with E-state index in [1.807, 2.05) is 30.3 Å². The number of rotatable bonds is 7. The van der Waals surface area contributed by atoms with Gasteiger partial charge in [0, 0.05) is 6.42 Å². The molecule has 136 valence electrons. The van der Waals surface area contributed by atoms with Gasteiger partial charge in [-0.2, -0.15) is 4.68 Å². The predicted octanol–water partition coefficient (Wildman–Crippen LogP) is 3.76. The fourth-order valence-corrected chi connectivity index (χ4v) is 4.32. The normalized spacial score (nSPS) is 16.2. The maximum absolute atomic E-state index is 4.64. The number of para-hydroxylation sites is 1. The number of tetrazole rings is 1.